The topological polar surface area (TPSA) is 103 Å². The van der Waals surface area contributed by atoms with Crippen LogP contribution >= 0.6 is 0 Å². The van der Waals surface area contributed by atoms with E-state index >= 15 is 0 Å². The maximum atomic E-state index is 12.8. The molecule has 0 fully saturated rings. The van der Waals surface area contributed by atoms with Crippen LogP contribution in [0.5, 0.6) is 0 Å². The fourth-order valence-corrected chi connectivity index (χ4v) is 3.22. The van der Waals surface area contributed by atoms with Crippen molar-refractivity contribution in [1.29, 1.82) is 0 Å². The van der Waals surface area contributed by atoms with Gasteiger partial charge in [-0.25, -0.2) is 0 Å². The molecule has 1 aliphatic heterocycles. The maximum Gasteiger partial charge on any atom is 0.259 e. The Hall–Kier alpha value is -2.97. The molecule has 0 atom stereocenters. The number of aliphatic hydroxyl groups is 2. The molecule has 2 amide bonds. The van der Waals surface area contributed by atoms with Crippen LogP contribution in [0.3, 0.4) is 0 Å². The molecule has 2 N–H and O–H groups in total. The highest BCUT2D eigenvalue weighted by atomic mass is 16.3. The molecule has 1 aromatic heterocycles. The largest absolute Gasteiger partial charge is 0.390 e. The van der Waals surface area contributed by atoms with Gasteiger partial charge in [0.15, 0.2) is 0 Å². The zero-order valence-electron chi connectivity index (χ0n) is 16.9. The van der Waals surface area contributed by atoms with E-state index in [0.29, 0.717) is 17.1 Å². The Bertz CT molecular complexity index is 1010. The van der Waals surface area contributed by atoms with Crippen LogP contribution in [0.15, 0.2) is 47.4 Å². The Morgan fingerprint density at radius 2 is 1.69 bits per heavy atom. The van der Waals surface area contributed by atoms with Gasteiger partial charge in [-0.3, -0.25) is 28.8 Å². The summed E-state index contributed by atoms with van der Waals surface area (Å²) < 4.78 is 1.42. The predicted molar refractivity (Wildman–Crippen MR) is 109 cm³/mol. The van der Waals surface area contributed by atoms with Crippen LogP contribution in [0.25, 0.3) is 5.69 Å². The van der Waals surface area contributed by atoms with Crippen molar-refractivity contribution in [2.45, 2.75) is 45.3 Å². The first-order chi connectivity index (χ1) is 13.4. The van der Waals surface area contributed by atoms with Crippen LogP contribution in [0.2, 0.25) is 0 Å². The first-order valence-electron chi connectivity index (χ1n) is 9.28. The summed E-state index contributed by atoms with van der Waals surface area (Å²) in [4.78, 5) is 40.5. The Morgan fingerprint density at radius 1 is 1.00 bits per heavy atom. The van der Waals surface area contributed by atoms with E-state index in [1.807, 2.05) is 0 Å². The number of hydrogen-bond acceptors (Lipinski definition) is 5. The van der Waals surface area contributed by atoms with E-state index in [-0.39, 0.29) is 24.6 Å². The van der Waals surface area contributed by atoms with Gasteiger partial charge >= 0.3 is 0 Å². The van der Waals surface area contributed by atoms with Crippen LogP contribution in [-0.4, -0.2) is 44.5 Å². The fraction of sp³-hybridized carbons (Fsp3) is 0.381. The molecule has 0 radical (unpaired) electrons. The lowest BCUT2D eigenvalue weighted by Crippen LogP contribution is -2.48. The summed E-state index contributed by atoms with van der Waals surface area (Å²) in [7, 11) is 0. The zero-order valence-corrected chi connectivity index (χ0v) is 16.9. The normalized spacial score (nSPS) is 14.1. The molecule has 0 unspecified atom stereocenters. The third-order valence-electron chi connectivity index (χ3n) is 4.58. The van der Waals surface area contributed by atoms with E-state index < -0.39 is 17.1 Å². The second kappa shape index (κ2) is 7.13. The second-order valence-corrected chi connectivity index (χ2v) is 8.33. The van der Waals surface area contributed by atoms with Crippen molar-refractivity contribution in [1.82, 2.24) is 4.57 Å². The highest BCUT2D eigenvalue weighted by Gasteiger charge is 2.40. The smallest absolute Gasteiger partial charge is 0.259 e. The quantitative estimate of drug-likeness (QED) is 0.809. The number of carbonyl (C=O) groups is 2. The number of fused-ring (bicyclic) bond motifs is 1. The van der Waals surface area contributed by atoms with Gasteiger partial charge < -0.3 is 10.2 Å². The van der Waals surface area contributed by atoms with Crippen LogP contribution in [0.1, 0.15) is 34.1 Å². The number of benzene rings is 1. The lowest BCUT2D eigenvalue weighted by atomic mass is 10.0. The van der Waals surface area contributed by atoms with Crippen molar-refractivity contribution in [3.05, 3.63) is 52.9 Å². The average molecular weight is 399 g/mol. The van der Waals surface area contributed by atoms with Gasteiger partial charge in [-0.05, 0) is 52.0 Å². The van der Waals surface area contributed by atoms with Gasteiger partial charge in [-0.15, -0.1) is 0 Å². The van der Waals surface area contributed by atoms with Gasteiger partial charge in [-0.1, -0.05) is 6.07 Å². The number of aromatic nitrogens is 1. The molecule has 0 spiro atoms. The Morgan fingerprint density at radius 3 is 2.28 bits per heavy atom. The fourth-order valence-electron chi connectivity index (χ4n) is 3.22. The number of pyridine rings is 1. The van der Waals surface area contributed by atoms with E-state index in [4.69, 9.17) is 0 Å². The van der Waals surface area contributed by atoms with Gasteiger partial charge in [0.05, 0.1) is 29.1 Å². The van der Waals surface area contributed by atoms with E-state index in [2.05, 4.69) is 0 Å². The van der Waals surface area contributed by atoms with Crippen molar-refractivity contribution < 1.29 is 19.8 Å². The standard InChI is InChI=1S/C21H25N3O5/c1-20(2,28)12-18(26)23-13-24(19(27)21(3,4)29)16-11-14(8-9-15(16)23)22-10-6-5-7-17(22)25/h5-11,28-29H,12-13H2,1-4H3. The maximum absolute atomic E-state index is 12.8. The Kier molecular flexibility index (Phi) is 5.10. The molecule has 2 aromatic rings. The third kappa shape index (κ3) is 4.23. The molecule has 8 nitrogen and oxygen atoms in total. The molecule has 2 heterocycles. The van der Waals surface area contributed by atoms with Crippen molar-refractivity contribution in [3.8, 4) is 5.69 Å². The number of rotatable bonds is 4. The van der Waals surface area contributed by atoms with Crippen LogP contribution in [0.4, 0.5) is 11.4 Å². The average Bonchev–Trinajstić information content (AvgIpc) is 2.98. The molecule has 0 saturated heterocycles. The van der Waals surface area contributed by atoms with Crippen molar-refractivity contribution in [2.75, 3.05) is 16.5 Å². The molecule has 8 heteroatoms. The molecule has 1 aliphatic rings. The van der Waals surface area contributed by atoms with E-state index in [0.717, 1.165) is 0 Å². The van der Waals surface area contributed by atoms with Crippen LogP contribution in [0, 0.1) is 0 Å². The van der Waals surface area contributed by atoms with E-state index in [1.54, 1.807) is 36.5 Å². The molecule has 0 bridgehead atoms. The highest BCUT2D eigenvalue weighted by molar-refractivity contribution is 6.09. The molecule has 3 rings (SSSR count). The number of hydrogen-bond donors (Lipinski definition) is 2. The minimum atomic E-state index is -1.65. The minimum absolute atomic E-state index is 0.0831. The summed E-state index contributed by atoms with van der Waals surface area (Å²) in [6, 6.07) is 9.75. The van der Waals surface area contributed by atoms with Crippen LogP contribution < -0.4 is 15.4 Å². The Balaban J connectivity index is 2.09. The SMILES string of the molecule is CC(C)(O)CC(=O)N1CN(C(=O)C(C)(C)O)c2cc(-n3ccccc3=O)ccc21. The highest BCUT2D eigenvalue weighted by Crippen LogP contribution is 2.39. The molecular formula is C21H25N3O5. The molecule has 154 valence electrons. The monoisotopic (exact) mass is 399 g/mol. The summed E-state index contributed by atoms with van der Waals surface area (Å²) in [6.07, 6.45) is 1.48. The lowest BCUT2D eigenvalue weighted by Gasteiger charge is -2.26. The van der Waals surface area contributed by atoms with Crippen LogP contribution in [-0.2, 0) is 9.59 Å². The van der Waals surface area contributed by atoms with E-state index in [1.165, 1.54) is 48.1 Å². The van der Waals surface area contributed by atoms with Gasteiger partial charge in [0.1, 0.15) is 12.3 Å². The summed E-state index contributed by atoms with van der Waals surface area (Å²) in [6.45, 7) is 5.74. The third-order valence-corrected chi connectivity index (χ3v) is 4.58. The van der Waals surface area contributed by atoms with Gasteiger partial charge in [0.25, 0.3) is 11.5 Å². The second-order valence-electron chi connectivity index (χ2n) is 8.33. The molecule has 1 aromatic carbocycles. The van der Waals surface area contributed by atoms with Gasteiger partial charge in [0, 0.05) is 12.3 Å². The summed E-state index contributed by atoms with van der Waals surface area (Å²) in [5, 5.41) is 20.2. The first kappa shape index (κ1) is 20.8. The first-order valence-corrected chi connectivity index (χ1v) is 9.28. The minimum Gasteiger partial charge on any atom is -0.390 e. The number of nitrogens with zero attached hydrogens (tertiary/aromatic N) is 3. The predicted octanol–water partition coefficient (Wildman–Crippen LogP) is 1.41. The Labute approximate surface area is 168 Å². The van der Waals surface area contributed by atoms with Crippen molar-refractivity contribution in [3.63, 3.8) is 0 Å². The molecule has 0 saturated carbocycles. The van der Waals surface area contributed by atoms with E-state index in [9.17, 15) is 24.6 Å². The zero-order chi connectivity index (χ0) is 21.6. The number of amides is 2. The molecule has 0 aliphatic carbocycles. The van der Waals surface area contributed by atoms with Crippen molar-refractivity contribution >= 4 is 23.2 Å². The molecular weight excluding hydrogens is 374 g/mol. The number of carbonyl (C=O) groups excluding carboxylic acids is 2. The van der Waals surface area contributed by atoms with Gasteiger partial charge in [0.2, 0.25) is 5.91 Å². The number of anilines is 2. The summed E-state index contributed by atoms with van der Waals surface area (Å²) >= 11 is 0. The van der Waals surface area contributed by atoms with Gasteiger partial charge in [-0.2, -0.15) is 0 Å². The summed E-state index contributed by atoms with van der Waals surface area (Å²) in [5.74, 6) is -0.927. The summed E-state index contributed by atoms with van der Waals surface area (Å²) in [5.41, 5.74) is -1.67. The van der Waals surface area contributed by atoms with Crippen molar-refractivity contribution in [2.24, 2.45) is 0 Å². The molecule has 29 heavy (non-hydrogen) atoms. The lowest BCUT2D eigenvalue weighted by molar-refractivity contribution is -0.133.